The summed E-state index contributed by atoms with van der Waals surface area (Å²) in [6.45, 7) is 3.46. The van der Waals surface area contributed by atoms with Crippen molar-refractivity contribution in [2.75, 3.05) is 26.2 Å². The first-order chi connectivity index (χ1) is 7.35. The third kappa shape index (κ3) is 2.52. The van der Waals surface area contributed by atoms with Crippen molar-refractivity contribution in [2.24, 2.45) is 17.6 Å². The molecule has 1 aliphatic heterocycles. The van der Waals surface area contributed by atoms with Crippen LogP contribution in [0.5, 0.6) is 0 Å². The number of rotatable bonds is 3. The molecule has 3 heteroatoms. The summed E-state index contributed by atoms with van der Waals surface area (Å²) in [6, 6.07) is 0.709. The Morgan fingerprint density at radius 2 is 2.00 bits per heavy atom. The molecule has 1 heterocycles. The Morgan fingerprint density at radius 1 is 1.20 bits per heavy atom. The first-order valence-electron chi connectivity index (χ1n) is 6.40. The zero-order valence-electron chi connectivity index (χ0n) is 9.57. The normalized spacial score (nSPS) is 38.4. The van der Waals surface area contributed by atoms with Crippen LogP contribution >= 0.6 is 0 Å². The second kappa shape index (κ2) is 5.28. The molecule has 3 N–H and O–H groups in total. The van der Waals surface area contributed by atoms with Crippen molar-refractivity contribution in [3.8, 4) is 0 Å². The second-order valence-corrected chi connectivity index (χ2v) is 5.18. The molecule has 1 saturated carbocycles. The van der Waals surface area contributed by atoms with Crippen molar-refractivity contribution < 1.29 is 5.11 Å². The third-order valence-electron chi connectivity index (χ3n) is 4.22. The van der Waals surface area contributed by atoms with Gasteiger partial charge in [0.05, 0.1) is 0 Å². The SMILES string of the molecule is NCC1CCCCC1N1CCC(CO)C1. The van der Waals surface area contributed by atoms with Gasteiger partial charge in [-0.3, -0.25) is 4.90 Å². The minimum Gasteiger partial charge on any atom is -0.396 e. The second-order valence-electron chi connectivity index (χ2n) is 5.18. The molecule has 2 fully saturated rings. The Morgan fingerprint density at radius 3 is 2.67 bits per heavy atom. The Kier molecular flexibility index (Phi) is 4.00. The van der Waals surface area contributed by atoms with E-state index in [0.717, 1.165) is 13.1 Å². The van der Waals surface area contributed by atoms with E-state index >= 15 is 0 Å². The van der Waals surface area contributed by atoms with Crippen LogP contribution in [0, 0.1) is 11.8 Å². The molecule has 0 bridgehead atoms. The monoisotopic (exact) mass is 212 g/mol. The van der Waals surface area contributed by atoms with E-state index in [1.165, 1.54) is 38.6 Å². The van der Waals surface area contributed by atoms with Crippen molar-refractivity contribution in [1.29, 1.82) is 0 Å². The summed E-state index contributed by atoms with van der Waals surface area (Å²) < 4.78 is 0. The van der Waals surface area contributed by atoms with Gasteiger partial charge in [0.1, 0.15) is 0 Å². The van der Waals surface area contributed by atoms with Crippen molar-refractivity contribution in [2.45, 2.75) is 38.1 Å². The highest BCUT2D eigenvalue weighted by Gasteiger charge is 2.33. The van der Waals surface area contributed by atoms with Gasteiger partial charge in [0, 0.05) is 19.2 Å². The lowest BCUT2D eigenvalue weighted by atomic mass is 9.83. The largest absolute Gasteiger partial charge is 0.396 e. The summed E-state index contributed by atoms with van der Waals surface area (Å²) >= 11 is 0. The van der Waals surface area contributed by atoms with Crippen LogP contribution in [0.15, 0.2) is 0 Å². The maximum absolute atomic E-state index is 9.15. The van der Waals surface area contributed by atoms with E-state index < -0.39 is 0 Å². The summed E-state index contributed by atoms with van der Waals surface area (Å²) in [5.74, 6) is 1.22. The van der Waals surface area contributed by atoms with Gasteiger partial charge >= 0.3 is 0 Å². The summed E-state index contributed by atoms with van der Waals surface area (Å²) in [6.07, 6.45) is 6.52. The number of hydrogen-bond acceptors (Lipinski definition) is 3. The average molecular weight is 212 g/mol. The average Bonchev–Trinajstić information content (AvgIpc) is 2.77. The van der Waals surface area contributed by atoms with Gasteiger partial charge in [-0.1, -0.05) is 12.8 Å². The van der Waals surface area contributed by atoms with Gasteiger partial charge in [-0.2, -0.15) is 0 Å². The number of nitrogens with two attached hydrogens (primary N) is 1. The molecule has 2 rings (SSSR count). The van der Waals surface area contributed by atoms with Crippen LogP contribution in [0.3, 0.4) is 0 Å². The van der Waals surface area contributed by atoms with E-state index in [-0.39, 0.29) is 0 Å². The molecule has 15 heavy (non-hydrogen) atoms. The fourth-order valence-electron chi connectivity index (χ4n) is 3.26. The van der Waals surface area contributed by atoms with Crippen LogP contribution in [0.2, 0.25) is 0 Å². The molecule has 3 atom stereocenters. The minimum atomic E-state index is 0.358. The molecular weight excluding hydrogens is 188 g/mol. The van der Waals surface area contributed by atoms with Gasteiger partial charge < -0.3 is 10.8 Å². The highest BCUT2D eigenvalue weighted by molar-refractivity contribution is 4.88. The van der Waals surface area contributed by atoms with Crippen molar-refractivity contribution >= 4 is 0 Å². The van der Waals surface area contributed by atoms with E-state index in [1.807, 2.05) is 0 Å². The zero-order valence-corrected chi connectivity index (χ0v) is 9.57. The van der Waals surface area contributed by atoms with Crippen LogP contribution in [-0.2, 0) is 0 Å². The predicted octanol–water partition coefficient (Wildman–Crippen LogP) is 0.818. The van der Waals surface area contributed by atoms with Gasteiger partial charge in [-0.25, -0.2) is 0 Å². The van der Waals surface area contributed by atoms with E-state index in [4.69, 9.17) is 10.8 Å². The summed E-state index contributed by atoms with van der Waals surface area (Å²) in [7, 11) is 0. The molecule has 2 aliphatic rings. The highest BCUT2D eigenvalue weighted by Crippen LogP contribution is 2.31. The highest BCUT2D eigenvalue weighted by atomic mass is 16.3. The van der Waals surface area contributed by atoms with Crippen LogP contribution in [0.25, 0.3) is 0 Å². The molecule has 0 aromatic rings. The molecule has 0 amide bonds. The number of likely N-dealkylation sites (tertiary alicyclic amines) is 1. The molecule has 0 aromatic heterocycles. The topological polar surface area (TPSA) is 49.5 Å². The maximum atomic E-state index is 9.15. The first kappa shape index (κ1) is 11.4. The van der Waals surface area contributed by atoms with Gasteiger partial charge in [0.25, 0.3) is 0 Å². The number of hydrogen-bond donors (Lipinski definition) is 2. The molecule has 0 spiro atoms. The van der Waals surface area contributed by atoms with Crippen molar-refractivity contribution in [3.63, 3.8) is 0 Å². The summed E-state index contributed by atoms with van der Waals surface area (Å²) in [4.78, 5) is 2.58. The van der Waals surface area contributed by atoms with E-state index in [1.54, 1.807) is 0 Å². The Labute approximate surface area is 92.6 Å². The quantitative estimate of drug-likeness (QED) is 0.728. The molecule has 0 radical (unpaired) electrons. The molecule has 1 saturated heterocycles. The zero-order chi connectivity index (χ0) is 10.7. The van der Waals surface area contributed by atoms with Gasteiger partial charge in [0.15, 0.2) is 0 Å². The fourth-order valence-corrected chi connectivity index (χ4v) is 3.26. The molecule has 3 nitrogen and oxygen atoms in total. The van der Waals surface area contributed by atoms with Crippen molar-refractivity contribution in [1.82, 2.24) is 4.90 Å². The molecular formula is C12H24N2O. The van der Waals surface area contributed by atoms with E-state index in [9.17, 15) is 0 Å². The number of nitrogens with zero attached hydrogens (tertiary/aromatic N) is 1. The smallest absolute Gasteiger partial charge is 0.0471 e. The predicted molar refractivity (Wildman–Crippen MR) is 61.6 cm³/mol. The van der Waals surface area contributed by atoms with E-state index in [2.05, 4.69) is 4.90 Å². The third-order valence-corrected chi connectivity index (χ3v) is 4.22. The standard InChI is InChI=1S/C12H24N2O/c13-7-11-3-1-2-4-12(11)14-6-5-10(8-14)9-15/h10-12,15H,1-9,13H2. The Bertz CT molecular complexity index is 198. The van der Waals surface area contributed by atoms with Crippen molar-refractivity contribution in [3.05, 3.63) is 0 Å². The first-order valence-corrected chi connectivity index (χ1v) is 6.40. The molecule has 3 unspecified atom stereocenters. The lowest BCUT2D eigenvalue weighted by molar-refractivity contribution is 0.122. The Hall–Kier alpha value is -0.120. The van der Waals surface area contributed by atoms with Crippen LogP contribution in [-0.4, -0.2) is 42.3 Å². The minimum absolute atomic E-state index is 0.358. The lowest BCUT2D eigenvalue weighted by Crippen LogP contribution is -2.44. The van der Waals surface area contributed by atoms with Gasteiger partial charge in [-0.05, 0) is 44.2 Å². The number of aliphatic hydroxyl groups excluding tert-OH is 1. The van der Waals surface area contributed by atoms with Gasteiger partial charge in [-0.15, -0.1) is 0 Å². The fraction of sp³-hybridized carbons (Fsp3) is 1.00. The Balaban J connectivity index is 1.90. The summed E-state index contributed by atoms with van der Waals surface area (Å²) in [5, 5.41) is 9.15. The maximum Gasteiger partial charge on any atom is 0.0471 e. The van der Waals surface area contributed by atoms with Crippen LogP contribution in [0.4, 0.5) is 0 Å². The lowest BCUT2D eigenvalue weighted by Gasteiger charge is -2.37. The van der Waals surface area contributed by atoms with Crippen LogP contribution in [0.1, 0.15) is 32.1 Å². The van der Waals surface area contributed by atoms with E-state index in [0.29, 0.717) is 24.5 Å². The van der Waals surface area contributed by atoms with Crippen LogP contribution < -0.4 is 5.73 Å². The summed E-state index contributed by atoms with van der Waals surface area (Å²) in [5.41, 5.74) is 5.85. The molecule has 88 valence electrons. The molecule has 0 aromatic carbocycles. The number of aliphatic hydroxyl groups is 1. The molecule has 1 aliphatic carbocycles. The van der Waals surface area contributed by atoms with Gasteiger partial charge in [0.2, 0.25) is 0 Å².